The lowest BCUT2D eigenvalue weighted by Gasteiger charge is -2.71. The molecule has 5 aliphatic carbocycles. The number of aliphatic hydroxyl groups is 3. The number of carbonyl (C=O) groups is 1. The highest BCUT2D eigenvalue weighted by Gasteiger charge is 2.71. The molecule has 0 saturated heterocycles. The molecule has 0 bridgehead atoms. The van der Waals surface area contributed by atoms with Crippen LogP contribution in [-0.4, -0.2) is 44.7 Å². The van der Waals surface area contributed by atoms with Crippen molar-refractivity contribution in [3.8, 4) is 0 Å². The smallest absolute Gasteiger partial charge is 0.310 e. The second-order valence-electron chi connectivity index (χ2n) is 15.2. The van der Waals surface area contributed by atoms with Gasteiger partial charge in [-0.25, -0.2) is 0 Å². The molecule has 5 nitrogen and oxygen atoms in total. The molecule has 0 heterocycles. The quantitative estimate of drug-likeness (QED) is 0.382. The van der Waals surface area contributed by atoms with Gasteiger partial charge in [0.2, 0.25) is 0 Å². The normalized spacial score (nSPS) is 54.4. The standard InChI is InChI=1S/C30H48O5/c1-25(2)12-14-30(24(34)35)15-13-28(6)17(21(30)23(25)33)8-9-20-27(5)16-18(31)22(32)26(3,4)19(27)10-11-29(20,28)7/h8,18-23,31-33H,9-16H2,1-7H3,(H,34,35)/t18-,19+,20+,21+,22+,23+,27+,28-,29-,30+/m1/s1. The summed E-state index contributed by atoms with van der Waals surface area (Å²) in [6.07, 6.45) is 6.54. The summed E-state index contributed by atoms with van der Waals surface area (Å²) in [5.74, 6) is -0.420. The summed E-state index contributed by atoms with van der Waals surface area (Å²) in [6.45, 7) is 15.6. The first-order valence-corrected chi connectivity index (χ1v) is 14.0. The van der Waals surface area contributed by atoms with Gasteiger partial charge in [0, 0.05) is 5.92 Å². The van der Waals surface area contributed by atoms with Crippen molar-refractivity contribution in [2.45, 2.75) is 118 Å². The number of fused-ring (bicyclic) bond motifs is 7. The second kappa shape index (κ2) is 7.35. The molecule has 0 aromatic rings. The van der Waals surface area contributed by atoms with Crippen LogP contribution in [0.2, 0.25) is 0 Å². The number of carboxylic acids is 1. The first kappa shape index (κ1) is 25.7. The van der Waals surface area contributed by atoms with E-state index in [0.29, 0.717) is 31.1 Å². The number of rotatable bonds is 1. The van der Waals surface area contributed by atoms with Gasteiger partial charge in [-0.3, -0.25) is 4.79 Å². The van der Waals surface area contributed by atoms with Crippen LogP contribution in [0.4, 0.5) is 0 Å². The van der Waals surface area contributed by atoms with E-state index in [2.05, 4.69) is 54.5 Å². The third-order valence-electron chi connectivity index (χ3n) is 13.2. The van der Waals surface area contributed by atoms with Crippen LogP contribution in [0.15, 0.2) is 11.6 Å². The molecule has 198 valence electrons. The van der Waals surface area contributed by atoms with E-state index < -0.39 is 29.7 Å². The first-order chi connectivity index (χ1) is 16.0. The van der Waals surface area contributed by atoms with E-state index in [1.165, 1.54) is 5.57 Å². The number of aliphatic carboxylic acids is 1. The maximum atomic E-state index is 12.8. The monoisotopic (exact) mass is 488 g/mol. The molecule has 0 unspecified atom stereocenters. The summed E-state index contributed by atoms with van der Waals surface area (Å²) >= 11 is 0. The van der Waals surface area contributed by atoms with Gasteiger partial charge in [0.15, 0.2) is 0 Å². The van der Waals surface area contributed by atoms with Crippen molar-refractivity contribution in [3.05, 3.63) is 11.6 Å². The summed E-state index contributed by atoms with van der Waals surface area (Å²) in [6, 6.07) is 0. The Morgan fingerprint density at radius 2 is 1.49 bits per heavy atom. The van der Waals surface area contributed by atoms with Gasteiger partial charge in [0.25, 0.3) is 0 Å². The molecule has 5 rings (SSSR count). The lowest BCUT2D eigenvalue weighted by atomic mass is 9.33. The minimum absolute atomic E-state index is 0.0492. The van der Waals surface area contributed by atoms with E-state index in [-0.39, 0.29) is 33.0 Å². The average molecular weight is 489 g/mol. The molecule has 5 heteroatoms. The third-order valence-corrected chi connectivity index (χ3v) is 13.2. The summed E-state index contributed by atoms with van der Waals surface area (Å²) in [5, 5.41) is 44.1. The van der Waals surface area contributed by atoms with Crippen molar-refractivity contribution in [2.24, 2.45) is 50.2 Å². The molecular formula is C30H48O5. The molecule has 0 amide bonds. The number of carboxylic acid groups (broad SMARTS) is 1. The van der Waals surface area contributed by atoms with Crippen LogP contribution in [0.1, 0.15) is 99.8 Å². The van der Waals surface area contributed by atoms with Gasteiger partial charge in [-0.1, -0.05) is 60.1 Å². The Kier molecular flexibility index (Phi) is 5.40. The Morgan fingerprint density at radius 1 is 0.857 bits per heavy atom. The van der Waals surface area contributed by atoms with Crippen molar-refractivity contribution >= 4 is 5.97 Å². The summed E-state index contributed by atoms with van der Waals surface area (Å²) in [7, 11) is 0. The molecule has 0 aromatic heterocycles. The highest BCUT2D eigenvalue weighted by atomic mass is 16.4. The molecule has 0 radical (unpaired) electrons. The highest BCUT2D eigenvalue weighted by Crippen LogP contribution is 2.75. The molecule has 5 aliphatic rings. The van der Waals surface area contributed by atoms with Crippen LogP contribution in [-0.2, 0) is 4.79 Å². The predicted molar refractivity (Wildman–Crippen MR) is 135 cm³/mol. The number of allylic oxidation sites excluding steroid dienone is 1. The fourth-order valence-electron chi connectivity index (χ4n) is 10.7. The Bertz CT molecular complexity index is 952. The van der Waals surface area contributed by atoms with Crippen molar-refractivity contribution < 1.29 is 25.2 Å². The summed E-state index contributed by atoms with van der Waals surface area (Å²) in [5.41, 5.74) is -0.684. The molecule has 35 heavy (non-hydrogen) atoms. The molecule has 4 fully saturated rings. The maximum absolute atomic E-state index is 12.8. The van der Waals surface area contributed by atoms with Crippen molar-refractivity contribution in [2.75, 3.05) is 0 Å². The van der Waals surface area contributed by atoms with Gasteiger partial charge < -0.3 is 20.4 Å². The van der Waals surface area contributed by atoms with Crippen LogP contribution in [0.25, 0.3) is 0 Å². The molecule has 0 aromatic carbocycles. The van der Waals surface area contributed by atoms with E-state index in [4.69, 9.17) is 0 Å². The van der Waals surface area contributed by atoms with Gasteiger partial charge in [-0.2, -0.15) is 0 Å². The van der Waals surface area contributed by atoms with Gasteiger partial charge in [-0.15, -0.1) is 0 Å². The van der Waals surface area contributed by atoms with Crippen LogP contribution >= 0.6 is 0 Å². The Labute approximate surface area is 211 Å². The SMILES string of the molecule is CC1(C)CC[C@]2(C(=O)O)CC[C@]3(C)C(=CC[C@H]4[C@@]5(C)C[C@@H](O)[C@H](O)C(C)(C)[C@@H]5CC[C@]43C)[C@H]2[C@@H]1O. The fraction of sp³-hybridized carbons (Fsp3) is 0.900. The van der Waals surface area contributed by atoms with Crippen molar-refractivity contribution in [1.29, 1.82) is 0 Å². The zero-order valence-electron chi connectivity index (χ0n) is 22.9. The van der Waals surface area contributed by atoms with Crippen LogP contribution in [0.5, 0.6) is 0 Å². The average Bonchev–Trinajstić information content (AvgIpc) is 2.75. The lowest BCUT2D eigenvalue weighted by Crippen LogP contribution is -2.68. The van der Waals surface area contributed by atoms with Crippen molar-refractivity contribution in [3.63, 3.8) is 0 Å². The van der Waals surface area contributed by atoms with Crippen LogP contribution in [0, 0.1) is 50.2 Å². The number of aliphatic hydroxyl groups excluding tert-OH is 3. The molecule has 0 spiro atoms. The van der Waals surface area contributed by atoms with Gasteiger partial charge in [0.1, 0.15) is 0 Å². The van der Waals surface area contributed by atoms with E-state index in [1.54, 1.807) is 0 Å². The van der Waals surface area contributed by atoms with Crippen LogP contribution in [0.3, 0.4) is 0 Å². The van der Waals surface area contributed by atoms with E-state index in [9.17, 15) is 25.2 Å². The number of hydrogen-bond acceptors (Lipinski definition) is 4. The van der Waals surface area contributed by atoms with Gasteiger partial charge in [-0.05, 0) is 90.3 Å². The molecule has 10 atom stereocenters. The molecule has 0 aliphatic heterocycles. The third kappa shape index (κ3) is 2.95. The minimum Gasteiger partial charge on any atom is -0.481 e. The van der Waals surface area contributed by atoms with Gasteiger partial charge in [0.05, 0.1) is 23.7 Å². The maximum Gasteiger partial charge on any atom is 0.310 e. The Morgan fingerprint density at radius 3 is 2.11 bits per heavy atom. The molecule has 4 N–H and O–H groups in total. The molecule has 4 saturated carbocycles. The first-order valence-electron chi connectivity index (χ1n) is 14.0. The largest absolute Gasteiger partial charge is 0.481 e. The fourth-order valence-corrected chi connectivity index (χ4v) is 10.7. The Balaban J connectivity index is 1.63. The lowest BCUT2D eigenvalue weighted by molar-refractivity contribution is -0.234. The van der Waals surface area contributed by atoms with Gasteiger partial charge >= 0.3 is 5.97 Å². The summed E-state index contributed by atoms with van der Waals surface area (Å²) in [4.78, 5) is 12.8. The second-order valence-corrected chi connectivity index (χ2v) is 15.2. The highest BCUT2D eigenvalue weighted by molar-refractivity contribution is 5.77. The Hall–Kier alpha value is -0.910. The van der Waals surface area contributed by atoms with E-state index in [0.717, 1.165) is 32.1 Å². The topological polar surface area (TPSA) is 98.0 Å². The number of hydrogen-bond donors (Lipinski definition) is 4. The minimum atomic E-state index is -0.877. The molecular weight excluding hydrogens is 440 g/mol. The summed E-state index contributed by atoms with van der Waals surface area (Å²) < 4.78 is 0. The predicted octanol–water partition coefficient (Wildman–Crippen LogP) is 5.18. The zero-order chi connectivity index (χ0) is 26.0. The van der Waals surface area contributed by atoms with E-state index >= 15 is 0 Å². The zero-order valence-corrected chi connectivity index (χ0v) is 22.9. The van der Waals surface area contributed by atoms with Crippen LogP contribution < -0.4 is 0 Å². The van der Waals surface area contributed by atoms with E-state index in [1.807, 2.05) is 0 Å². The van der Waals surface area contributed by atoms with Crippen molar-refractivity contribution in [1.82, 2.24) is 0 Å².